The average Bonchev–Trinajstić information content (AvgIpc) is 2.87. The molecule has 3 heterocycles. The van der Waals surface area contributed by atoms with Gasteiger partial charge in [-0.2, -0.15) is 0 Å². The lowest BCUT2D eigenvalue weighted by molar-refractivity contribution is 0.0942. The summed E-state index contributed by atoms with van der Waals surface area (Å²) >= 11 is 5.95. The second-order valence-electron chi connectivity index (χ2n) is 8.59. The first-order chi connectivity index (χ1) is 17.0. The van der Waals surface area contributed by atoms with E-state index in [2.05, 4.69) is 26.1 Å². The SMILES string of the molecule is Nc1nnc(Cl)cc1N1CC(Oc2cccc(N3CCN(C(=O)OCc4ccccc4)CC3)c2)C1. The lowest BCUT2D eigenvalue weighted by atomic mass is 10.1. The van der Waals surface area contributed by atoms with Gasteiger partial charge in [0, 0.05) is 44.0 Å². The van der Waals surface area contributed by atoms with E-state index in [0.717, 1.165) is 35.8 Å². The Labute approximate surface area is 209 Å². The Kier molecular flexibility index (Phi) is 6.76. The summed E-state index contributed by atoms with van der Waals surface area (Å²) in [6.45, 7) is 4.36. The van der Waals surface area contributed by atoms with Crippen LogP contribution >= 0.6 is 11.6 Å². The van der Waals surface area contributed by atoms with Crippen LogP contribution in [-0.2, 0) is 11.3 Å². The number of benzene rings is 2. The normalized spacial score (nSPS) is 16.1. The van der Waals surface area contributed by atoms with Crippen molar-refractivity contribution in [3.8, 4) is 5.75 Å². The molecule has 3 aromatic rings. The summed E-state index contributed by atoms with van der Waals surface area (Å²) in [5, 5.41) is 7.94. The van der Waals surface area contributed by atoms with E-state index < -0.39 is 0 Å². The fraction of sp³-hybridized carbons (Fsp3) is 0.320. The largest absolute Gasteiger partial charge is 0.487 e. The molecule has 2 aliphatic rings. The molecule has 0 radical (unpaired) electrons. The van der Waals surface area contributed by atoms with Crippen LogP contribution in [0.2, 0.25) is 5.15 Å². The van der Waals surface area contributed by atoms with Crippen molar-refractivity contribution in [2.45, 2.75) is 12.7 Å². The number of ether oxygens (including phenoxy) is 2. The predicted octanol–water partition coefficient (Wildman–Crippen LogP) is 3.44. The highest BCUT2D eigenvalue weighted by Gasteiger charge is 2.31. The maximum absolute atomic E-state index is 12.4. The molecule has 0 atom stereocenters. The van der Waals surface area contributed by atoms with E-state index in [4.69, 9.17) is 26.8 Å². The number of rotatable bonds is 6. The number of hydrogen-bond donors (Lipinski definition) is 1. The standard InChI is InChI=1S/C25H27ClN6O3/c26-23-14-22(24(27)29-28-23)32-15-21(16-32)35-20-8-4-7-19(13-20)30-9-11-31(12-10-30)25(33)34-17-18-5-2-1-3-6-18/h1-8,13-14,21H,9-12,15-17H2,(H2,27,29). The molecule has 2 aliphatic heterocycles. The first-order valence-electron chi connectivity index (χ1n) is 11.6. The van der Waals surface area contributed by atoms with Gasteiger partial charge in [0.15, 0.2) is 11.0 Å². The molecule has 0 unspecified atom stereocenters. The Hall–Kier alpha value is -3.72. The monoisotopic (exact) mass is 494 g/mol. The number of carbonyl (C=O) groups excluding carboxylic acids is 1. The van der Waals surface area contributed by atoms with Crippen LogP contribution in [0.4, 0.5) is 22.0 Å². The first-order valence-corrected chi connectivity index (χ1v) is 11.9. The fourth-order valence-corrected chi connectivity index (χ4v) is 4.38. The molecule has 2 N–H and O–H groups in total. The first kappa shape index (κ1) is 23.0. The molecule has 2 saturated heterocycles. The second-order valence-corrected chi connectivity index (χ2v) is 8.98. The topological polar surface area (TPSA) is 97.0 Å². The zero-order valence-corrected chi connectivity index (χ0v) is 20.0. The van der Waals surface area contributed by atoms with Crippen LogP contribution in [0, 0.1) is 0 Å². The summed E-state index contributed by atoms with van der Waals surface area (Å²) in [6.07, 6.45) is -0.223. The van der Waals surface area contributed by atoms with Gasteiger partial charge < -0.3 is 29.9 Å². The molecule has 0 bridgehead atoms. The number of nitrogens with two attached hydrogens (primary N) is 1. The maximum Gasteiger partial charge on any atom is 0.410 e. The van der Waals surface area contributed by atoms with E-state index in [1.807, 2.05) is 48.5 Å². The Morgan fingerprint density at radius 3 is 2.51 bits per heavy atom. The lowest BCUT2D eigenvalue weighted by Gasteiger charge is -2.41. The van der Waals surface area contributed by atoms with E-state index in [0.29, 0.717) is 37.1 Å². The molecule has 2 aromatic carbocycles. The molecular weight excluding hydrogens is 468 g/mol. The van der Waals surface area contributed by atoms with Gasteiger partial charge >= 0.3 is 6.09 Å². The molecule has 9 nitrogen and oxygen atoms in total. The third kappa shape index (κ3) is 5.51. The smallest absolute Gasteiger partial charge is 0.410 e. The van der Waals surface area contributed by atoms with Crippen molar-refractivity contribution in [1.82, 2.24) is 15.1 Å². The van der Waals surface area contributed by atoms with Crippen LogP contribution in [0.5, 0.6) is 5.75 Å². The second kappa shape index (κ2) is 10.3. The van der Waals surface area contributed by atoms with Crippen molar-refractivity contribution < 1.29 is 14.3 Å². The minimum absolute atomic E-state index is 0.0489. The molecule has 0 aliphatic carbocycles. The number of halogens is 1. The van der Waals surface area contributed by atoms with Crippen molar-refractivity contribution in [3.05, 3.63) is 71.4 Å². The molecule has 0 saturated carbocycles. The molecular formula is C25H27ClN6O3. The third-order valence-electron chi connectivity index (χ3n) is 6.19. The Morgan fingerprint density at radius 1 is 0.971 bits per heavy atom. The highest BCUT2D eigenvalue weighted by Crippen LogP contribution is 2.30. The molecule has 5 rings (SSSR count). The zero-order chi connectivity index (χ0) is 24.2. The van der Waals surface area contributed by atoms with Gasteiger partial charge in [-0.1, -0.05) is 48.0 Å². The number of piperazine rings is 1. The molecule has 2 fully saturated rings. The molecule has 1 aromatic heterocycles. The van der Waals surface area contributed by atoms with Crippen molar-refractivity contribution in [2.24, 2.45) is 0 Å². The van der Waals surface area contributed by atoms with E-state index in [-0.39, 0.29) is 18.8 Å². The number of aromatic nitrogens is 2. The van der Waals surface area contributed by atoms with Gasteiger partial charge in [0.05, 0.1) is 18.8 Å². The average molecular weight is 495 g/mol. The number of carbonyl (C=O) groups is 1. The van der Waals surface area contributed by atoms with Gasteiger partial charge in [0.1, 0.15) is 18.5 Å². The van der Waals surface area contributed by atoms with Crippen LogP contribution in [0.3, 0.4) is 0 Å². The summed E-state index contributed by atoms with van der Waals surface area (Å²) in [5.74, 6) is 1.17. The quantitative estimate of drug-likeness (QED) is 0.556. The molecule has 10 heteroatoms. The van der Waals surface area contributed by atoms with Gasteiger partial charge in [-0.15, -0.1) is 10.2 Å². The number of nitrogens with zero attached hydrogens (tertiary/aromatic N) is 5. The summed E-state index contributed by atoms with van der Waals surface area (Å²) < 4.78 is 11.6. The summed E-state index contributed by atoms with van der Waals surface area (Å²) in [5.41, 5.74) is 8.75. The van der Waals surface area contributed by atoms with E-state index in [1.165, 1.54) is 0 Å². The molecule has 182 valence electrons. The van der Waals surface area contributed by atoms with Gasteiger partial charge in [-0.3, -0.25) is 0 Å². The minimum Gasteiger partial charge on any atom is -0.487 e. The highest BCUT2D eigenvalue weighted by atomic mass is 35.5. The molecule has 0 spiro atoms. The van der Waals surface area contributed by atoms with Crippen molar-refractivity contribution in [1.29, 1.82) is 0 Å². The van der Waals surface area contributed by atoms with E-state index >= 15 is 0 Å². The van der Waals surface area contributed by atoms with Crippen LogP contribution in [0.15, 0.2) is 60.7 Å². The van der Waals surface area contributed by atoms with Crippen molar-refractivity contribution in [3.63, 3.8) is 0 Å². The zero-order valence-electron chi connectivity index (χ0n) is 19.2. The Bertz CT molecular complexity index is 1170. The molecule has 1 amide bonds. The third-order valence-corrected chi connectivity index (χ3v) is 6.37. The van der Waals surface area contributed by atoms with E-state index in [9.17, 15) is 4.79 Å². The van der Waals surface area contributed by atoms with Gasteiger partial charge in [0.2, 0.25) is 0 Å². The summed E-state index contributed by atoms with van der Waals surface area (Å²) in [7, 11) is 0. The van der Waals surface area contributed by atoms with Gasteiger partial charge in [-0.25, -0.2) is 4.79 Å². The van der Waals surface area contributed by atoms with E-state index in [1.54, 1.807) is 11.0 Å². The van der Waals surface area contributed by atoms with Gasteiger partial charge in [0.25, 0.3) is 0 Å². The van der Waals surface area contributed by atoms with Crippen LogP contribution in [-0.4, -0.2) is 66.6 Å². The maximum atomic E-state index is 12.4. The minimum atomic E-state index is -0.272. The Morgan fingerprint density at radius 2 is 1.74 bits per heavy atom. The number of nitrogen functional groups attached to an aromatic ring is 1. The number of hydrogen-bond acceptors (Lipinski definition) is 8. The van der Waals surface area contributed by atoms with Gasteiger partial charge in [-0.05, 0) is 17.7 Å². The summed E-state index contributed by atoms with van der Waals surface area (Å²) in [6, 6.07) is 19.5. The van der Waals surface area contributed by atoms with Crippen molar-refractivity contribution >= 4 is 34.9 Å². The summed E-state index contributed by atoms with van der Waals surface area (Å²) in [4.78, 5) is 18.5. The van der Waals surface area contributed by atoms with Crippen LogP contribution < -0.4 is 20.3 Å². The highest BCUT2D eigenvalue weighted by molar-refractivity contribution is 6.29. The number of anilines is 3. The fourth-order valence-electron chi connectivity index (χ4n) is 4.23. The molecule has 35 heavy (non-hydrogen) atoms. The Balaban J connectivity index is 1.10. The number of amides is 1. The van der Waals surface area contributed by atoms with Crippen molar-refractivity contribution in [2.75, 3.05) is 54.8 Å². The van der Waals surface area contributed by atoms with Crippen LogP contribution in [0.25, 0.3) is 0 Å². The lowest BCUT2D eigenvalue weighted by Crippen LogP contribution is -2.54. The predicted molar refractivity (Wildman–Crippen MR) is 135 cm³/mol. The van der Waals surface area contributed by atoms with Crippen LogP contribution in [0.1, 0.15) is 5.56 Å².